The predicted octanol–water partition coefficient (Wildman–Crippen LogP) is -0.221. The molecule has 4 nitrogen and oxygen atoms in total. The molecule has 0 aliphatic rings. The molecule has 7 heavy (non-hydrogen) atoms. The minimum absolute atomic E-state index is 1.12. The first-order valence-corrected chi connectivity index (χ1v) is 4.53. The average Bonchev–Trinajstić information content (AvgIpc) is 1.27. The summed E-state index contributed by atoms with van der Waals surface area (Å²) in [5, 5.41) is 15.6. The molecular formula is C2H3GaO4. The predicted molar refractivity (Wildman–Crippen MR) is 23.2 cm³/mol. The van der Waals surface area contributed by atoms with Crippen LogP contribution in [-0.2, 0) is 0 Å². The summed E-state index contributed by atoms with van der Waals surface area (Å²) in [7, 11) is 0. The molecule has 0 atom stereocenters. The second kappa shape index (κ2) is 2.70. The summed E-state index contributed by atoms with van der Waals surface area (Å²) in [5.74, 6) is 0. The van der Waals surface area contributed by atoms with Crippen molar-refractivity contribution in [2.45, 2.75) is 0 Å². The maximum absolute atomic E-state index is 9.51. The fourth-order valence-electron chi connectivity index (χ4n) is 0.129. The van der Waals surface area contributed by atoms with Crippen LogP contribution in [0.25, 0.3) is 0 Å². The van der Waals surface area contributed by atoms with Crippen molar-refractivity contribution in [3.8, 4) is 0 Å². The summed E-state index contributed by atoms with van der Waals surface area (Å²) in [6, 6.07) is 0. The molecule has 0 saturated carbocycles. The van der Waals surface area contributed by atoms with Crippen molar-refractivity contribution >= 4 is 26.5 Å². The monoisotopic (exact) mass is 160 g/mol. The Morgan fingerprint density at radius 3 is 1.43 bits per heavy atom. The van der Waals surface area contributed by atoms with Gasteiger partial charge in [-0.1, -0.05) is 0 Å². The summed E-state index contributed by atoms with van der Waals surface area (Å²) in [4.78, 5) is 19.0. The summed E-state index contributed by atoms with van der Waals surface area (Å²) in [5.41, 5.74) is 0. The zero-order chi connectivity index (χ0) is 5.86. The van der Waals surface area contributed by atoms with E-state index in [9.17, 15) is 9.59 Å². The third-order valence-electron chi connectivity index (χ3n) is 0.302. The SMILES string of the molecule is O=[C](O)[GaH][C](=O)O. The molecular weight excluding hydrogens is 158 g/mol. The average molecular weight is 161 g/mol. The molecule has 0 aromatic rings. The quantitative estimate of drug-likeness (QED) is 0.548. The van der Waals surface area contributed by atoms with Gasteiger partial charge in [0.05, 0.1) is 0 Å². The maximum atomic E-state index is 9.51. The molecule has 0 aromatic heterocycles. The molecule has 0 rings (SSSR count). The van der Waals surface area contributed by atoms with Crippen LogP contribution in [0.1, 0.15) is 0 Å². The van der Waals surface area contributed by atoms with Gasteiger partial charge in [0.2, 0.25) is 0 Å². The summed E-state index contributed by atoms with van der Waals surface area (Å²) < 4.78 is -2.25. The van der Waals surface area contributed by atoms with Crippen LogP contribution in [0.2, 0.25) is 0 Å². The van der Waals surface area contributed by atoms with E-state index in [2.05, 4.69) is 0 Å². The molecule has 0 fully saturated rings. The second-order valence-corrected chi connectivity index (χ2v) is 4.24. The van der Waals surface area contributed by atoms with Gasteiger partial charge in [-0.2, -0.15) is 0 Å². The van der Waals surface area contributed by atoms with Gasteiger partial charge in [-0.3, -0.25) is 0 Å². The van der Waals surface area contributed by atoms with Crippen molar-refractivity contribution in [2.75, 3.05) is 0 Å². The van der Waals surface area contributed by atoms with Crippen LogP contribution in [0.5, 0.6) is 0 Å². The van der Waals surface area contributed by atoms with E-state index in [-0.39, 0.29) is 0 Å². The minimum atomic E-state index is -2.26. The van der Waals surface area contributed by atoms with Gasteiger partial charge in [0, 0.05) is 0 Å². The van der Waals surface area contributed by atoms with Crippen molar-refractivity contribution in [1.29, 1.82) is 0 Å². The van der Waals surface area contributed by atoms with Gasteiger partial charge in [0.25, 0.3) is 0 Å². The van der Waals surface area contributed by atoms with Gasteiger partial charge in [0.15, 0.2) is 0 Å². The van der Waals surface area contributed by atoms with Crippen molar-refractivity contribution in [2.24, 2.45) is 0 Å². The first kappa shape index (κ1) is 6.58. The Balaban J connectivity index is 3.32. The molecule has 0 radical (unpaired) electrons. The Kier molecular flexibility index (Phi) is 2.54. The van der Waals surface area contributed by atoms with Gasteiger partial charge < -0.3 is 0 Å². The van der Waals surface area contributed by atoms with E-state index in [0.717, 1.165) is 0 Å². The standard InChI is InChI=1S/2CHO2.Ga.H/c2*2-1-3;;/h2*(H,2,3);;. The normalized spacial score (nSPS) is 7.43. The number of carbonyl (C=O) groups is 2. The molecule has 5 heteroatoms. The van der Waals surface area contributed by atoms with Crippen LogP contribution >= 0.6 is 0 Å². The van der Waals surface area contributed by atoms with E-state index in [1.807, 2.05) is 0 Å². The van der Waals surface area contributed by atoms with E-state index in [0.29, 0.717) is 0 Å². The van der Waals surface area contributed by atoms with Gasteiger partial charge >= 0.3 is 46.3 Å². The van der Waals surface area contributed by atoms with Crippen molar-refractivity contribution in [3.63, 3.8) is 0 Å². The van der Waals surface area contributed by atoms with Crippen LogP contribution in [0.3, 0.4) is 0 Å². The number of carboxylic acid groups (broad SMARTS) is 2. The number of hydrogen-bond acceptors (Lipinski definition) is 2. The zero-order valence-electron chi connectivity index (χ0n) is 3.42. The van der Waals surface area contributed by atoms with E-state index in [4.69, 9.17) is 10.2 Å². The van der Waals surface area contributed by atoms with Crippen molar-refractivity contribution in [1.82, 2.24) is 0 Å². The third-order valence-corrected chi connectivity index (χ3v) is 1.57. The van der Waals surface area contributed by atoms with Gasteiger partial charge in [0.1, 0.15) is 0 Å². The Hall–Kier alpha value is -0.424. The first-order valence-electron chi connectivity index (χ1n) is 1.56. The zero-order valence-corrected chi connectivity index (χ0v) is 6.39. The molecule has 0 aliphatic carbocycles. The van der Waals surface area contributed by atoms with Crippen LogP contribution in [0.4, 0.5) is 9.59 Å². The molecule has 0 bridgehead atoms. The molecule has 0 amide bonds. The Labute approximate surface area is 46.9 Å². The van der Waals surface area contributed by atoms with Crippen LogP contribution < -0.4 is 0 Å². The van der Waals surface area contributed by atoms with Crippen LogP contribution in [-0.4, -0.2) is 36.7 Å². The molecule has 0 aliphatic heterocycles. The Morgan fingerprint density at radius 2 is 1.43 bits per heavy atom. The number of rotatable bonds is 2. The Bertz CT molecular complexity index is 85.9. The Morgan fingerprint density at radius 1 is 1.14 bits per heavy atom. The summed E-state index contributed by atoms with van der Waals surface area (Å²) in [6.07, 6.45) is 0. The van der Waals surface area contributed by atoms with E-state index < -0.39 is 26.5 Å². The fraction of sp³-hybridized carbons (Fsp3) is 0. The van der Waals surface area contributed by atoms with Gasteiger partial charge in [-0.05, 0) is 0 Å². The van der Waals surface area contributed by atoms with Gasteiger partial charge in [-0.15, -0.1) is 0 Å². The molecule has 38 valence electrons. The number of hydrogen-bond donors (Lipinski definition) is 2. The first-order chi connectivity index (χ1) is 3.13. The molecule has 0 unspecified atom stereocenters. The molecule has 0 spiro atoms. The van der Waals surface area contributed by atoms with E-state index in [1.54, 1.807) is 0 Å². The van der Waals surface area contributed by atoms with E-state index >= 15 is 0 Å². The molecule has 0 aromatic carbocycles. The van der Waals surface area contributed by atoms with E-state index in [1.165, 1.54) is 0 Å². The summed E-state index contributed by atoms with van der Waals surface area (Å²) >= 11 is -2.26. The second-order valence-electron chi connectivity index (χ2n) is 0.964. The topological polar surface area (TPSA) is 74.6 Å². The van der Waals surface area contributed by atoms with Crippen LogP contribution in [0, 0.1) is 0 Å². The van der Waals surface area contributed by atoms with Crippen molar-refractivity contribution in [3.05, 3.63) is 0 Å². The third kappa shape index (κ3) is 5.58. The molecule has 0 heterocycles. The van der Waals surface area contributed by atoms with Crippen molar-refractivity contribution < 1.29 is 19.8 Å². The summed E-state index contributed by atoms with van der Waals surface area (Å²) in [6.45, 7) is 0. The van der Waals surface area contributed by atoms with Crippen LogP contribution in [0.15, 0.2) is 0 Å². The van der Waals surface area contributed by atoms with Gasteiger partial charge in [-0.25, -0.2) is 0 Å². The molecule has 2 N–H and O–H groups in total. The molecule has 0 saturated heterocycles. The fourth-order valence-corrected chi connectivity index (χ4v) is 0.672.